The van der Waals surface area contributed by atoms with Crippen molar-refractivity contribution >= 4 is 21.6 Å². The van der Waals surface area contributed by atoms with Gasteiger partial charge in [0.15, 0.2) is 0 Å². The van der Waals surface area contributed by atoms with E-state index in [1.165, 1.54) is 27.1 Å². The molecule has 1 aromatic carbocycles. The molecule has 0 unspecified atom stereocenters. The van der Waals surface area contributed by atoms with E-state index in [-0.39, 0.29) is 0 Å². The molecule has 0 spiro atoms. The summed E-state index contributed by atoms with van der Waals surface area (Å²) in [5.74, 6) is 1.49. The summed E-state index contributed by atoms with van der Waals surface area (Å²) in [5.41, 5.74) is 8.01. The summed E-state index contributed by atoms with van der Waals surface area (Å²) in [5, 5.41) is 14.6. The van der Waals surface area contributed by atoms with E-state index in [2.05, 4.69) is 89.5 Å². The number of rotatable bonds is 5. The van der Waals surface area contributed by atoms with Gasteiger partial charge in [-0.1, -0.05) is 12.1 Å². The Morgan fingerprint density at radius 2 is 1.94 bits per heavy atom. The third-order valence-corrected chi connectivity index (χ3v) is 6.80. The monoisotopic (exact) mass is 452 g/mol. The smallest absolute Gasteiger partial charge is 0.214 e. The van der Waals surface area contributed by atoms with Gasteiger partial charge in [-0.25, -0.2) is 4.98 Å². The van der Waals surface area contributed by atoms with Crippen molar-refractivity contribution in [1.82, 2.24) is 40.1 Å². The predicted molar refractivity (Wildman–Crippen MR) is 129 cm³/mol. The van der Waals surface area contributed by atoms with Crippen molar-refractivity contribution in [3.05, 3.63) is 77.9 Å². The zero-order valence-corrected chi connectivity index (χ0v) is 18.9. The van der Waals surface area contributed by atoms with E-state index in [4.69, 9.17) is 0 Å². The van der Waals surface area contributed by atoms with Crippen molar-refractivity contribution < 1.29 is 0 Å². The summed E-state index contributed by atoms with van der Waals surface area (Å²) in [4.78, 5) is 12.9. The van der Waals surface area contributed by atoms with E-state index >= 15 is 0 Å². The highest BCUT2D eigenvalue weighted by Crippen LogP contribution is 2.39. The fourth-order valence-corrected chi connectivity index (χ4v) is 5.25. The lowest BCUT2D eigenvalue weighted by Gasteiger charge is -2.14. The number of tetrazole rings is 1. The highest BCUT2D eigenvalue weighted by Gasteiger charge is 2.18. The number of benzene rings is 1. The molecular formula is C24H20N8S. The van der Waals surface area contributed by atoms with Crippen LogP contribution >= 0.6 is 11.3 Å². The molecule has 162 valence electrons. The number of hydrogen-bond acceptors (Lipinski definition) is 6. The molecule has 0 atom stereocenters. The van der Waals surface area contributed by atoms with Gasteiger partial charge in [0.1, 0.15) is 5.82 Å². The molecule has 0 saturated carbocycles. The Kier molecular flexibility index (Phi) is 4.62. The van der Waals surface area contributed by atoms with Crippen molar-refractivity contribution in [2.24, 2.45) is 0 Å². The minimum Gasteiger partial charge on any atom is -0.345 e. The first kappa shape index (κ1) is 19.6. The summed E-state index contributed by atoms with van der Waals surface area (Å²) in [6.45, 7) is 4.91. The molecule has 6 aromatic rings. The summed E-state index contributed by atoms with van der Waals surface area (Å²) < 4.78 is 3.55. The molecule has 0 amide bonds. The zero-order chi connectivity index (χ0) is 22.4. The van der Waals surface area contributed by atoms with Crippen molar-refractivity contribution in [2.45, 2.75) is 20.4 Å². The van der Waals surface area contributed by atoms with Gasteiger partial charge in [0.2, 0.25) is 5.82 Å². The predicted octanol–water partition coefficient (Wildman–Crippen LogP) is 5.00. The number of pyridine rings is 1. The molecule has 5 aromatic heterocycles. The first-order valence-electron chi connectivity index (χ1n) is 10.5. The minimum atomic E-state index is 0.614. The minimum absolute atomic E-state index is 0.614. The molecule has 6 rings (SSSR count). The topological polar surface area (TPSA) is 101 Å². The van der Waals surface area contributed by atoms with Crippen LogP contribution in [0.2, 0.25) is 0 Å². The second-order valence-electron chi connectivity index (χ2n) is 7.98. The first-order chi connectivity index (χ1) is 16.2. The number of hydrogen-bond donors (Lipinski definition) is 2. The highest BCUT2D eigenvalue weighted by atomic mass is 32.1. The van der Waals surface area contributed by atoms with Crippen LogP contribution in [-0.4, -0.2) is 40.1 Å². The molecule has 9 heteroatoms. The number of aromatic amines is 2. The van der Waals surface area contributed by atoms with Crippen molar-refractivity contribution in [3.8, 4) is 33.3 Å². The maximum absolute atomic E-state index is 4.39. The molecule has 0 radical (unpaired) electrons. The Hall–Kier alpha value is -4.11. The van der Waals surface area contributed by atoms with Crippen LogP contribution in [-0.2, 0) is 6.54 Å². The Labute approximate surface area is 193 Å². The lowest BCUT2D eigenvalue weighted by Crippen LogP contribution is -2.03. The van der Waals surface area contributed by atoms with E-state index < -0.39 is 0 Å². The molecular weight excluding hydrogens is 432 g/mol. The molecule has 2 N–H and O–H groups in total. The number of fused-ring (bicyclic) bond motifs is 1. The van der Waals surface area contributed by atoms with Gasteiger partial charge in [0.05, 0.1) is 20.8 Å². The van der Waals surface area contributed by atoms with Crippen molar-refractivity contribution in [3.63, 3.8) is 0 Å². The molecule has 0 aliphatic carbocycles. The van der Waals surface area contributed by atoms with E-state index in [1.807, 2.05) is 19.3 Å². The molecule has 0 aliphatic heterocycles. The molecule has 0 aliphatic rings. The maximum Gasteiger partial charge on any atom is 0.214 e. The summed E-state index contributed by atoms with van der Waals surface area (Å²) in [7, 11) is 0. The number of imidazole rings is 1. The maximum atomic E-state index is 4.39. The van der Waals surface area contributed by atoms with Crippen LogP contribution in [0, 0.1) is 13.8 Å². The summed E-state index contributed by atoms with van der Waals surface area (Å²) in [6, 6.07) is 15.1. The van der Waals surface area contributed by atoms with Crippen molar-refractivity contribution in [1.29, 1.82) is 0 Å². The number of aryl methyl sites for hydroxylation is 2. The van der Waals surface area contributed by atoms with Gasteiger partial charge in [-0.2, -0.15) is 5.21 Å². The lowest BCUT2D eigenvalue weighted by molar-refractivity contribution is 0.840. The second-order valence-corrected chi connectivity index (χ2v) is 9.07. The normalized spacial score (nSPS) is 11.5. The van der Waals surface area contributed by atoms with Gasteiger partial charge in [-0.15, -0.1) is 21.5 Å². The summed E-state index contributed by atoms with van der Waals surface area (Å²) in [6.07, 6.45) is 5.48. The van der Waals surface area contributed by atoms with E-state index in [0.29, 0.717) is 5.82 Å². The third-order valence-electron chi connectivity index (χ3n) is 5.73. The fourth-order valence-electron chi connectivity index (χ4n) is 4.22. The zero-order valence-electron chi connectivity index (χ0n) is 18.1. The van der Waals surface area contributed by atoms with Crippen molar-refractivity contribution in [2.75, 3.05) is 0 Å². The van der Waals surface area contributed by atoms with Gasteiger partial charge in [-0.05, 0) is 60.5 Å². The van der Waals surface area contributed by atoms with Gasteiger partial charge < -0.3 is 9.55 Å². The van der Waals surface area contributed by atoms with Gasteiger partial charge in [0, 0.05) is 42.0 Å². The molecule has 5 heterocycles. The molecule has 0 bridgehead atoms. The third kappa shape index (κ3) is 3.52. The van der Waals surface area contributed by atoms with Gasteiger partial charge >= 0.3 is 0 Å². The Morgan fingerprint density at radius 1 is 1.00 bits per heavy atom. The van der Waals surface area contributed by atoms with Gasteiger partial charge in [-0.3, -0.25) is 4.98 Å². The van der Waals surface area contributed by atoms with Crippen LogP contribution in [0.15, 0.2) is 61.1 Å². The first-order valence-corrected chi connectivity index (χ1v) is 11.4. The largest absolute Gasteiger partial charge is 0.345 e. The fraction of sp³-hybridized carbons (Fsp3) is 0.125. The van der Waals surface area contributed by atoms with Crippen LogP contribution in [0.4, 0.5) is 0 Å². The number of H-pyrrole nitrogens is 2. The van der Waals surface area contributed by atoms with Crippen LogP contribution in [0.3, 0.4) is 0 Å². The van der Waals surface area contributed by atoms with Gasteiger partial charge in [0.25, 0.3) is 0 Å². The lowest BCUT2D eigenvalue weighted by atomic mass is 10.0. The molecule has 8 nitrogen and oxygen atoms in total. The second kappa shape index (κ2) is 7.79. The number of thiophene rings is 1. The van der Waals surface area contributed by atoms with E-state index in [9.17, 15) is 0 Å². The van der Waals surface area contributed by atoms with E-state index in [0.717, 1.165) is 34.0 Å². The quantitative estimate of drug-likeness (QED) is 0.383. The number of nitrogens with zero attached hydrogens (tertiary/aromatic N) is 6. The highest BCUT2D eigenvalue weighted by molar-refractivity contribution is 7.22. The standard InChI is InChI=1S/C24H20N8S/c1-14-9-17(23-26-7-8-27-23)3-4-18(14)19-11-21-20(12-22(33-21)24-28-30-31-29-24)32(19)13-16-5-6-25-15(2)10-16/h3-12H,13H2,1-2H3,(H,26,27)(H,28,29,30,31). The number of aromatic nitrogens is 8. The number of nitrogens with one attached hydrogen (secondary N) is 2. The Morgan fingerprint density at radius 3 is 2.70 bits per heavy atom. The van der Waals surface area contributed by atoms with Crippen LogP contribution < -0.4 is 0 Å². The Bertz CT molecular complexity index is 1560. The van der Waals surface area contributed by atoms with Crippen LogP contribution in [0.25, 0.3) is 43.6 Å². The average molecular weight is 453 g/mol. The molecule has 33 heavy (non-hydrogen) atoms. The Balaban J connectivity index is 1.50. The van der Waals surface area contributed by atoms with E-state index in [1.54, 1.807) is 17.5 Å². The SMILES string of the molecule is Cc1cc(Cn2c(-c3ccc(-c4ncc[nH]4)cc3C)cc3sc(-c4nn[nH]n4)cc32)ccn1. The average Bonchev–Trinajstić information content (AvgIpc) is 3.59. The van der Waals surface area contributed by atoms with Crippen LogP contribution in [0.5, 0.6) is 0 Å². The van der Waals surface area contributed by atoms with Crippen LogP contribution in [0.1, 0.15) is 16.8 Å². The summed E-state index contributed by atoms with van der Waals surface area (Å²) >= 11 is 1.67. The molecule has 0 saturated heterocycles. The molecule has 0 fully saturated rings.